The van der Waals surface area contributed by atoms with Crippen LogP contribution in [0.1, 0.15) is 22.3 Å². The molecule has 2 fully saturated rings. The van der Waals surface area contributed by atoms with E-state index in [1.165, 1.54) is 17.0 Å². The van der Waals surface area contributed by atoms with Crippen LogP contribution in [0, 0.1) is 0 Å². The Bertz CT molecular complexity index is 751. The van der Waals surface area contributed by atoms with Crippen LogP contribution < -0.4 is 10.1 Å². The van der Waals surface area contributed by atoms with Gasteiger partial charge in [-0.05, 0) is 13.0 Å². The third kappa shape index (κ3) is 3.96. The van der Waals surface area contributed by atoms with Crippen LogP contribution in [-0.2, 0) is 15.9 Å². The summed E-state index contributed by atoms with van der Waals surface area (Å²) in [7, 11) is 0.695. The van der Waals surface area contributed by atoms with Gasteiger partial charge in [0.1, 0.15) is 0 Å². The fraction of sp³-hybridized carbons (Fsp3) is 0.529. The van der Waals surface area contributed by atoms with Gasteiger partial charge in [0.15, 0.2) is 0 Å². The predicted octanol–water partition coefficient (Wildman–Crippen LogP) is -0.587. The number of likely N-dealkylation sites (tertiary alicyclic amines) is 1. The van der Waals surface area contributed by atoms with Crippen molar-refractivity contribution in [2.45, 2.75) is 37.4 Å². The van der Waals surface area contributed by atoms with Crippen molar-refractivity contribution in [3.8, 4) is 11.5 Å². The van der Waals surface area contributed by atoms with E-state index in [4.69, 9.17) is 4.74 Å². The number of aliphatic hydroxyl groups is 1. The third-order valence-corrected chi connectivity index (χ3v) is 4.88. The molecule has 0 aliphatic carbocycles. The number of nitrogens with zero attached hydrogens (tertiary/aromatic N) is 1. The number of carbonyl (C=O) groups is 2. The first kappa shape index (κ1) is 19.3. The molecule has 2 atom stereocenters. The van der Waals surface area contributed by atoms with Gasteiger partial charge in [0.25, 0.3) is 0 Å². The van der Waals surface area contributed by atoms with Gasteiger partial charge in [-0.2, -0.15) is 0 Å². The number of hydrogen-bond donors (Lipinski definition) is 4. The summed E-state index contributed by atoms with van der Waals surface area (Å²) < 4.78 is 16.2. The second kappa shape index (κ2) is 8.05. The first-order valence-electron chi connectivity index (χ1n) is 8.81. The Balaban J connectivity index is 1.65. The number of benzene rings is 1. The molecule has 144 valence electrons. The van der Waals surface area contributed by atoms with Gasteiger partial charge < -0.3 is 10.4 Å². The quantitative estimate of drug-likeness (QED) is 0.464. The third-order valence-electron chi connectivity index (χ3n) is 4.88. The van der Waals surface area contributed by atoms with Gasteiger partial charge in [0, 0.05) is 0 Å². The first-order valence-corrected chi connectivity index (χ1v) is 8.81. The molecular weight excluding hydrogens is 355 g/mol. The van der Waals surface area contributed by atoms with E-state index in [0.717, 1.165) is 0 Å². The van der Waals surface area contributed by atoms with Crippen molar-refractivity contribution in [2.75, 3.05) is 19.6 Å². The Kier molecular flexibility index (Phi) is 5.76. The van der Waals surface area contributed by atoms with Gasteiger partial charge >= 0.3 is 126 Å². The number of aromatic carboxylic acids is 1. The summed E-state index contributed by atoms with van der Waals surface area (Å²) in [5.41, 5.74) is 0.00890. The number of carboxylic acid groups (broad SMARTS) is 1. The summed E-state index contributed by atoms with van der Waals surface area (Å²) in [6.45, 7) is 1.13. The molecule has 9 nitrogen and oxygen atoms in total. The molecule has 1 aromatic carbocycles. The molecule has 1 aromatic rings. The molecule has 2 aliphatic heterocycles. The van der Waals surface area contributed by atoms with E-state index in [0.29, 0.717) is 25.7 Å². The SMILES string of the molecule is O=BCCc1ccc(OC2CN(C(=O)[C@H]3NCC[C@H]3O)C2)c(C(=O)O)c1O. The number of rotatable bonds is 7. The second-order valence-electron chi connectivity index (χ2n) is 6.73. The number of aryl methyl sites for hydroxylation is 1. The summed E-state index contributed by atoms with van der Waals surface area (Å²) in [4.78, 5) is 25.4. The molecule has 0 unspecified atom stereocenters. The fourth-order valence-corrected chi connectivity index (χ4v) is 3.35. The van der Waals surface area contributed by atoms with E-state index in [2.05, 4.69) is 5.32 Å². The average Bonchev–Trinajstić information content (AvgIpc) is 3.02. The minimum absolute atomic E-state index is 0.0194. The molecule has 3 rings (SSSR count). The maximum absolute atomic E-state index is 12.3. The number of carboxylic acids is 1. The van der Waals surface area contributed by atoms with E-state index >= 15 is 0 Å². The molecule has 10 heteroatoms. The van der Waals surface area contributed by atoms with E-state index < -0.39 is 30.0 Å². The van der Waals surface area contributed by atoms with E-state index in [1.54, 1.807) is 0 Å². The number of hydrogen-bond acceptors (Lipinski definition) is 7. The molecule has 2 heterocycles. The van der Waals surface area contributed by atoms with Crippen LogP contribution in [0.3, 0.4) is 0 Å². The van der Waals surface area contributed by atoms with Gasteiger partial charge in [-0.3, -0.25) is 0 Å². The van der Waals surface area contributed by atoms with Crippen LogP contribution in [0.5, 0.6) is 11.5 Å². The number of amides is 1. The maximum atomic E-state index is 12.3. The average molecular weight is 376 g/mol. The molecule has 0 bridgehead atoms. The normalized spacial score (nSPS) is 22.2. The van der Waals surface area contributed by atoms with Gasteiger partial charge in [-0.15, -0.1) is 0 Å². The minimum atomic E-state index is -1.33. The number of carbonyl (C=O) groups excluding carboxylic acids is 1. The van der Waals surface area contributed by atoms with E-state index in [-0.39, 0.29) is 43.1 Å². The Morgan fingerprint density at radius 1 is 1.33 bits per heavy atom. The second-order valence-corrected chi connectivity index (χ2v) is 6.73. The Morgan fingerprint density at radius 2 is 2.07 bits per heavy atom. The number of nitrogens with one attached hydrogen (secondary N) is 1. The van der Waals surface area contributed by atoms with Crippen molar-refractivity contribution in [3.05, 3.63) is 23.3 Å². The molecule has 0 aromatic heterocycles. The molecular formula is C17H21BN2O7. The van der Waals surface area contributed by atoms with Crippen molar-refractivity contribution in [2.24, 2.45) is 0 Å². The van der Waals surface area contributed by atoms with Gasteiger partial charge in [-0.1, -0.05) is 0 Å². The van der Waals surface area contributed by atoms with Crippen LogP contribution in [-0.4, -0.2) is 77.1 Å². The van der Waals surface area contributed by atoms with Gasteiger partial charge in [0.2, 0.25) is 0 Å². The van der Waals surface area contributed by atoms with Gasteiger partial charge in [-0.25, -0.2) is 0 Å². The summed E-state index contributed by atoms with van der Waals surface area (Å²) >= 11 is 0. The predicted molar refractivity (Wildman–Crippen MR) is 93.4 cm³/mol. The standard InChI is InChI=1S/C17H21BN2O7/c21-11-4-6-19-14(11)16(23)20-7-10(8-20)27-12-2-1-9(3-5-18-26)15(22)13(12)17(24)25/h1-2,10-11,14,19,21-22H,3-8H2,(H,24,25)/t11-,14+/m1/s1. The number of phenols is 1. The molecule has 27 heavy (non-hydrogen) atoms. The Morgan fingerprint density at radius 3 is 2.67 bits per heavy atom. The van der Waals surface area contributed by atoms with Crippen LogP contribution in [0.25, 0.3) is 0 Å². The monoisotopic (exact) mass is 376 g/mol. The van der Waals surface area contributed by atoms with Crippen molar-refractivity contribution in [3.63, 3.8) is 0 Å². The van der Waals surface area contributed by atoms with Crippen LogP contribution >= 0.6 is 0 Å². The van der Waals surface area contributed by atoms with Gasteiger partial charge in [0.05, 0.1) is 6.10 Å². The fourth-order valence-electron chi connectivity index (χ4n) is 3.35. The molecule has 2 saturated heterocycles. The molecule has 0 saturated carbocycles. The van der Waals surface area contributed by atoms with E-state index in [1.807, 2.05) is 0 Å². The zero-order chi connectivity index (χ0) is 19.6. The molecule has 2 aliphatic rings. The topological polar surface area (TPSA) is 136 Å². The molecule has 0 spiro atoms. The number of aromatic hydroxyl groups is 1. The zero-order valence-corrected chi connectivity index (χ0v) is 14.6. The number of ether oxygens (including phenoxy) is 1. The van der Waals surface area contributed by atoms with Crippen molar-refractivity contribution in [1.29, 1.82) is 0 Å². The number of aliphatic hydroxyl groups excluding tert-OH is 1. The zero-order valence-electron chi connectivity index (χ0n) is 14.6. The summed E-state index contributed by atoms with van der Waals surface area (Å²) in [6, 6.07) is 2.37. The molecule has 4 N–H and O–H groups in total. The van der Waals surface area contributed by atoms with E-state index in [9.17, 15) is 29.6 Å². The summed E-state index contributed by atoms with van der Waals surface area (Å²) in [5.74, 6) is -1.93. The Hall–Kier alpha value is -2.46. The van der Waals surface area contributed by atoms with Crippen LogP contribution in [0.2, 0.25) is 6.32 Å². The van der Waals surface area contributed by atoms with Crippen molar-refractivity contribution < 1.29 is 34.4 Å². The molecule has 1 amide bonds. The van der Waals surface area contributed by atoms with Crippen molar-refractivity contribution >= 4 is 19.0 Å². The Labute approximate surface area is 156 Å². The van der Waals surface area contributed by atoms with Crippen molar-refractivity contribution in [1.82, 2.24) is 10.2 Å². The first-order chi connectivity index (χ1) is 12.9. The van der Waals surface area contributed by atoms with Crippen LogP contribution in [0.4, 0.5) is 0 Å². The molecule has 0 radical (unpaired) electrons. The van der Waals surface area contributed by atoms with Crippen LogP contribution in [0.15, 0.2) is 12.1 Å². The summed E-state index contributed by atoms with van der Waals surface area (Å²) in [5, 5.41) is 32.4. The summed E-state index contributed by atoms with van der Waals surface area (Å²) in [6.07, 6.45) is -0.161.